The molecule has 0 unspecified atom stereocenters. The second kappa shape index (κ2) is 9.49. The molecule has 3 rings (SSSR count). The van der Waals surface area contributed by atoms with Gasteiger partial charge in [-0.1, -0.05) is 12.1 Å². The second-order valence-corrected chi connectivity index (χ2v) is 7.17. The van der Waals surface area contributed by atoms with Gasteiger partial charge in [0.1, 0.15) is 29.7 Å². The lowest BCUT2D eigenvalue weighted by molar-refractivity contribution is 0.0951. The molecule has 3 aromatic rings. The van der Waals surface area contributed by atoms with Crippen LogP contribution in [0.15, 0.2) is 48.7 Å². The average molecular weight is 414 g/mol. The lowest BCUT2D eigenvalue weighted by Gasteiger charge is -2.11. The molecule has 30 heavy (non-hydrogen) atoms. The molecule has 0 saturated carbocycles. The van der Waals surface area contributed by atoms with E-state index in [4.69, 9.17) is 4.74 Å². The van der Waals surface area contributed by atoms with Gasteiger partial charge in [0.15, 0.2) is 0 Å². The average Bonchev–Trinajstić information content (AvgIpc) is 3.08. The molecule has 0 aliphatic rings. The van der Waals surface area contributed by atoms with Crippen LogP contribution in [0.5, 0.6) is 5.75 Å². The molecule has 0 fully saturated rings. The van der Waals surface area contributed by atoms with Gasteiger partial charge in [-0.2, -0.15) is 5.10 Å². The fourth-order valence-corrected chi connectivity index (χ4v) is 2.86. The van der Waals surface area contributed by atoms with Crippen molar-refractivity contribution < 1.29 is 18.3 Å². The fourth-order valence-electron chi connectivity index (χ4n) is 2.86. The molecule has 0 aliphatic heterocycles. The summed E-state index contributed by atoms with van der Waals surface area (Å²) in [7, 11) is 5.59. The van der Waals surface area contributed by atoms with Gasteiger partial charge in [0.2, 0.25) is 0 Å². The molecule has 6 nitrogen and oxygen atoms in total. The van der Waals surface area contributed by atoms with Gasteiger partial charge >= 0.3 is 0 Å². The van der Waals surface area contributed by atoms with Crippen LogP contribution < -0.4 is 10.1 Å². The number of benzene rings is 2. The SMILES string of the molecule is CN(C)CCOc1ccc(CNC(=O)c2cn(C)nc2-c2ccc(F)cc2F)cc1. The number of nitrogens with zero attached hydrogens (tertiary/aromatic N) is 3. The van der Waals surface area contributed by atoms with E-state index in [9.17, 15) is 13.6 Å². The first-order valence-electron chi connectivity index (χ1n) is 9.47. The van der Waals surface area contributed by atoms with Crippen molar-refractivity contribution in [1.29, 1.82) is 0 Å². The maximum absolute atomic E-state index is 14.2. The quantitative estimate of drug-likeness (QED) is 0.615. The normalized spacial score (nSPS) is 11.0. The number of carbonyl (C=O) groups excluding carboxylic acids is 1. The van der Waals surface area contributed by atoms with Crippen LogP contribution in [-0.2, 0) is 13.6 Å². The Hall–Kier alpha value is -3.26. The number of likely N-dealkylation sites (N-methyl/N-ethyl adjacent to an activating group) is 1. The van der Waals surface area contributed by atoms with Crippen molar-refractivity contribution in [1.82, 2.24) is 20.0 Å². The van der Waals surface area contributed by atoms with E-state index in [2.05, 4.69) is 10.4 Å². The van der Waals surface area contributed by atoms with Crippen molar-refractivity contribution >= 4 is 5.91 Å². The van der Waals surface area contributed by atoms with Crippen molar-refractivity contribution in [2.45, 2.75) is 6.54 Å². The Morgan fingerprint density at radius 3 is 2.57 bits per heavy atom. The first-order chi connectivity index (χ1) is 14.3. The molecule has 0 atom stereocenters. The van der Waals surface area contributed by atoms with E-state index in [0.717, 1.165) is 30.0 Å². The number of aryl methyl sites for hydroxylation is 1. The fraction of sp³-hybridized carbons (Fsp3) is 0.273. The number of ether oxygens (including phenoxy) is 1. The molecule has 2 aromatic carbocycles. The number of hydrogen-bond donors (Lipinski definition) is 1. The Labute approximate surface area is 174 Å². The maximum Gasteiger partial charge on any atom is 0.255 e. The summed E-state index contributed by atoms with van der Waals surface area (Å²) in [4.78, 5) is 14.7. The first-order valence-corrected chi connectivity index (χ1v) is 9.47. The molecular weight excluding hydrogens is 390 g/mol. The van der Waals surface area contributed by atoms with Gasteiger partial charge in [-0.05, 0) is 43.9 Å². The molecular formula is C22H24F2N4O2. The Kier molecular flexibility index (Phi) is 6.79. The molecule has 1 N–H and O–H groups in total. The van der Waals surface area contributed by atoms with Crippen LogP contribution in [-0.4, -0.2) is 47.8 Å². The number of carbonyl (C=O) groups is 1. The summed E-state index contributed by atoms with van der Waals surface area (Å²) in [5.41, 5.74) is 1.34. The highest BCUT2D eigenvalue weighted by Crippen LogP contribution is 2.25. The minimum atomic E-state index is -0.771. The minimum absolute atomic E-state index is 0.0707. The van der Waals surface area contributed by atoms with Crippen LogP contribution in [0.2, 0.25) is 0 Å². The first kappa shape index (κ1) is 21.4. The van der Waals surface area contributed by atoms with E-state index in [1.165, 1.54) is 16.9 Å². The molecule has 1 heterocycles. The summed E-state index contributed by atoms with van der Waals surface area (Å²) in [6.07, 6.45) is 1.51. The zero-order valence-electron chi connectivity index (χ0n) is 17.2. The topological polar surface area (TPSA) is 59.4 Å². The molecule has 158 valence electrons. The molecule has 1 aromatic heterocycles. The molecule has 8 heteroatoms. The van der Waals surface area contributed by atoms with Crippen molar-refractivity contribution in [2.75, 3.05) is 27.2 Å². The van der Waals surface area contributed by atoms with Crippen molar-refractivity contribution in [3.05, 3.63) is 71.4 Å². The summed E-state index contributed by atoms with van der Waals surface area (Å²) in [5, 5.41) is 6.98. The van der Waals surface area contributed by atoms with Crippen LogP contribution in [0.4, 0.5) is 8.78 Å². The largest absolute Gasteiger partial charge is 0.492 e. The van der Waals surface area contributed by atoms with E-state index >= 15 is 0 Å². The monoisotopic (exact) mass is 414 g/mol. The number of halogens is 2. The van der Waals surface area contributed by atoms with Gasteiger partial charge in [-0.3, -0.25) is 9.48 Å². The Morgan fingerprint density at radius 2 is 1.90 bits per heavy atom. The Balaban J connectivity index is 1.66. The standard InChI is InChI=1S/C22H24F2N4O2/c1-27(2)10-11-30-17-7-4-15(5-8-17)13-25-22(29)19-14-28(3)26-21(19)18-9-6-16(23)12-20(18)24/h4-9,12,14H,10-11,13H2,1-3H3,(H,25,29). The third kappa shape index (κ3) is 5.42. The molecule has 1 amide bonds. The molecule has 0 radical (unpaired) electrons. The number of rotatable bonds is 8. The van der Waals surface area contributed by atoms with Gasteiger partial charge in [0, 0.05) is 38.0 Å². The second-order valence-electron chi connectivity index (χ2n) is 7.17. The Bertz CT molecular complexity index is 1020. The molecule has 0 spiro atoms. The van der Waals surface area contributed by atoms with Gasteiger partial charge in [0.25, 0.3) is 5.91 Å². The Morgan fingerprint density at radius 1 is 1.17 bits per heavy atom. The highest BCUT2D eigenvalue weighted by Gasteiger charge is 2.20. The molecule has 0 bridgehead atoms. The molecule has 0 saturated heterocycles. The van der Waals surface area contributed by atoms with Crippen LogP contribution in [0, 0.1) is 11.6 Å². The molecule has 0 aliphatic carbocycles. The minimum Gasteiger partial charge on any atom is -0.492 e. The van der Waals surface area contributed by atoms with E-state index in [0.29, 0.717) is 6.61 Å². The summed E-state index contributed by atoms with van der Waals surface area (Å²) in [6, 6.07) is 10.6. The smallest absolute Gasteiger partial charge is 0.255 e. The number of nitrogens with one attached hydrogen (secondary N) is 1. The number of amides is 1. The third-order valence-electron chi connectivity index (χ3n) is 4.44. The van der Waals surface area contributed by atoms with Crippen LogP contribution in [0.3, 0.4) is 0 Å². The van der Waals surface area contributed by atoms with Crippen LogP contribution in [0.1, 0.15) is 15.9 Å². The zero-order valence-corrected chi connectivity index (χ0v) is 17.2. The summed E-state index contributed by atoms with van der Waals surface area (Å²) in [6.45, 7) is 1.70. The summed E-state index contributed by atoms with van der Waals surface area (Å²) in [5.74, 6) is -1.10. The van der Waals surface area contributed by atoms with Crippen LogP contribution >= 0.6 is 0 Å². The van der Waals surface area contributed by atoms with Crippen LogP contribution in [0.25, 0.3) is 11.3 Å². The summed E-state index contributed by atoms with van der Waals surface area (Å²) >= 11 is 0. The highest BCUT2D eigenvalue weighted by atomic mass is 19.1. The van der Waals surface area contributed by atoms with Crippen molar-refractivity contribution in [3.63, 3.8) is 0 Å². The van der Waals surface area contributed by atoms with E-state index in [1.807, 2.05) is 43.3 Å². The van der Waals surface area contributed by atoms with E-state index in [-0.39, 0.29) is 23.4 Å². The zero-order chi connectivity index (χ0) is 21.7. The van der Waals surface area contributed by atoms with Gasteiger partial charge in [0.05, 0.1) is 5.56 Å². The van der Waals surface area contributed by atoms with Gasteiger partial charge in [-0.25, -0.2) is 8.78 Å². The lowest BCUT2D eigenvalue weighted by Crippen LogP contribution is -2.23. The van der Waals surface area contributed by atoms with Gasteiger partial charge < -0.3 is 15.0 Å². The van der Waals surface area contributed by atoms with Crippen molar-refractivity contribution in [3.8, 4) is 17.0 Å². The predicted molar refractivity (Wildman–Crippen MR) is 110 cm³/mol. The number of hydrogen-bond acceptors (Lipinski definition) is 4. The van der Waals surface area contributed by atoms with Crippen molar-refractivity contribution in [2.24, 2.45) is 7.05 Å². The highest BCUT2D eigenvalue weighted by molar-refractivity contribution is 5.99. The van der Waals surface area contributed by atoms with E-state index in [1.54, 1.807) is 7.05 Å². The van der Waals surface area contributed by atoms with Gasteiger partial charge in [-0.15, -0.1) is 0 Å². The summed E-state index contributed by atoms with van der Waals surface area (Å²) < 4.78 is 34.5. The van der Waals surface area contributed by atoms with E-state index < -0.39 is 17.5 Å². The number of aromatic nitrogens is 2. The maximum atomic E-state index is 14.2. The third-order valence-corrected chi connectivity index (χ3v) is 4.44. The predicted octanol–water partition coefficient (Wildman–Crippen LogP) is 3.24. The lowest BCUT2D eigenvalue weighted by atomic mass is 10.1.